The SMILES string of the molecule is COC(=O)c1cc(NC(=O)CCc2c(C)nn(C)c2C)ccc1Cl. The maximum atomic E-state index is 12.2. The monoisotopic (exact) mass is 349 g/mol. The van der Waals surface area contributed by atoms with Gasteiger partial charge in [0, 0.05) is 24.8 Å². The highest BCUT2D eigenvalue weighted by molar-refractivity contribution is 6.33. The van der Waals surface area contributed by atoms with Crippen LogP contribution >= 0.6 is 11.6 Å². The van der Waals surface area contributed by atoms with Crippen LogP contribution in [-0.2, 0) is 23.0 Å². The summed E-state index contributed by atoms with van der Waals surface area (Å²) in [4.78, 5) is 23.8. The molecule has 1 aromatic carbocycles. The topological polar surface area (TPSA) is 73.2 Å². The molecular weight excluding hydrogens is 330 g/mol. The Morgan fingerprint density at radius 3 is 2.62 bits per heavy atom. The number of nitrogens with one attached hydrogen (secondary N) is 1. The summed E-state index contributed by atoms with van der Waals surface area (Å²) in [6.07, 6.45) is 0.929. The standard InChI is InChI=1S/C17H20ClN3O3/c1-10-13(11(2)21(3)20-10)6-8-16(22)19-12-5-7-15(18)14(9-12)17(23)24-4/h5,7,9H,6,8H2,1-4H3,(H,19,22). The number of nitrogens with zero attached hydrogens (tertiary/aromatic N) is 2. The van der Waals surface area contributed by atoms with Gasteiger partial charge in [-0.15, -0.1) is 0 Å². The number of rotatable bonds is 5. The number of amides is 1. The van der Waals surface area contributed by atoms with Crippen LogP contribution < -0.4 is 5.32 Å². The maximum absolute atomic E-state index is 12.2. The summed E-state index contributed by atoms with van der Waals surface area (Å²) in [5.41, 5.74) is 3.79. The van der Waals surface area contributed by atoms with Gasteiger partial charge in [0.15, 0.2) is 0 Å². The van der Waals surface area contributed by atoms with E-state index in [9.17, 15) is 9.59 Å². The molecule has 0 unspecified atom stereocenters. The van der Waals surface area contributed by atoms with Gasteiger partial charge in [-0.05, 0) is 44.0 Å². The predicted molar refractivity (Wildman–Crippen MR) is 92.4 cm³/mol. The zero-order valence-electron chi connectivity index (χ0n) is 14.1. The van der Waals surface area contributed by atoms with Gasteiger partial charge in [0.2, 0.25) is 5.91 Å². The fraction of sp³-hybridized carbons (Fsp3) is 0.353. The third kappa shape index (κ3) is 3.94. The summed E-state index contributed by atoms with van der Waals surface area (Å²) in [6, 6.07) is 4.71. The van der Waals surface area contributed by atoms with Crippen LogP contribution in [0.15, 0.2) is 18.2 Å². The van der Waals surface area contributed by atoms with Crippen LogP contribution in [0.4, 0.5) is 5.69 Å². The van der Waals surface area contributed by atoms with Crippen LogP contribution in [0.25, 0.3) is 0 Å². The zero-order valence-corrected chi connectivity index (χ0v) is 14.9. The highest BCUT2D eigenvalue weighted by atomic mass is 35.5. The summed E-state index contributed by atoms with van der Waals surface area (Å²) in [5, 5.41) is 7.39. The Labute approximate surface area is 145 Å². The van der Waals surface area contributed by atoms with E-state index < -0.39 is 5.97 Å². The van der Waals surface area contributed by atoms with Gasteiger partial charge >= 0.3 is 5.97 Å². The molecule has 0 bridgehead atoms. The van der Waals surface area contributed by atoms with E-state index in [4.69, 9.17) is 11.6 Å². The van der Waals surface area contributed by atoms with Crippen molar-refractivity contribution < 1.29 is 14.3 Å². The highest BCUT2D eigenvalue weighted by Crippen LogP contribution is 2.22. The molecule has 0 spiro atoms. The average Bonchev–Trinajstić information content (AvgIpc) is 2.79. The molecule has 0 saturated heterocycles. The number of benzene rings is 1. The second-order valence-corrected chi connectivity index (χ2v) is 5.91. The van der Waals surface area contributed by atoms with Gasteiger partial charge in [-0.1, -0.05) is 11.6 Å². The molecule has 0 saturated carbocycles. The van der Waals surface area contributed by atoms with Gasteiger partial charge in [-0.25, -0.2) is 4.79 Å². The maximum Gasteiger partial charge on any atom is 0.339 e. The summed E-state index contributed by atoms with van der Waals surface area (Å²) in [7, 11) is 3.16. The van der Waals surface area contributed by atoms with Crippen LogP contribution in [0.1, 0.15) is 33.7 Å². The molecule has 1 amide bonds. The molecule has 128 valence electrons. The largest absolute Gasteiger partial charge is 0.465 e. The summed E-state index contributed by atoms with van der Waals surface area (Å²) < 4.78 is 6.48. The molecule has 0 radical (unpaired) electrons. The normalized spacial score (nSPS) is 10.5. The summed E-state index contributed by atoms with van der Waals surface area (Å²) in [5.74, 6) is -0.687. The van der Waals surface area contributed by atoms with Crippen molar-refractivity contribution in [2.24, 2.45) is 7.05 Å². The lowest BCUT2D eigenvalue weighted by Crippen LogP contribution is -2.13. The molecule has 0 atom stereocenters. The minimum Gasteiger partial charge on any atom is -0.465 e. The van der Waals surface area contributed by atoms with Crippen molar-refractivity contribution in [2.75, 3.05) is 12.4 Å². The first-order valence-electron chi connectivity index (χ1n) is 7.50. The summed E-state index contributed by atoms with van der Waals surface area (Å²) in [6.45, 7) is 3.91. The third-order valence-corrected chi connectivity index (χ3v) is 4.25. The van der Waals surface area contributed by atoms with E-state index in [1.807, 2.05) is 25.6 Å². The number of aromatic nitrogens is 2. The number of anilines is 1. The van der Waals surface area contributed by atoms with Crippen LogP contribution in [0, 0.1) is 13.8 Å². The zero-order chi connectivity index (χ0) is 17.9. The second kappa shape index (κ2) is 7.49. The Bertz CT molecular complexity index is 784. The van der Waals surface area contributed by atoms with Crippen LogP contribution in [-0.4, -0.2) is 28.8 Å². The lowest BCUT2D eigenvalue weighted by atomic mass is 10.1. The number of aryl methyl sites for hydroxylation is 2. The summed E-state index contributed by atoms with van der Waals surface area (Å²) >= 11 is 5.96. The van der Waals surface area contributed by atoms with E-state index in [0.717, 1.165) is 17.0 Å². The number of hydrogen-bond donors (Lipinski definition) is 1. The molecular formula is C17H20ClN3O3. The van der Waals surface area contributed by atoms with Crippen LogP contribution in [0.3, 0.4) is 0 Å². The molecule has 7 heteroatoms. The van der Waals surface area contributed by atoms with Crippen molar-refractivity contribution in [3.63, 3.8) is 0 Å². The van der Waals surface area contributed by atoms with Crippen molar-refractivity contribution >= 4 is 29.2 Å². The molecule has 2 rings (SSSR count). The van der Waals surface area contributed by atoms with E-state index in [0.29, 0.717) is 18.5 Å². The minimum atomic E-state index is -0.544. The van der Waals surface area contributed by atoms with Gasteiger partial charge in [0.25, 0.3) is 0 Å². The van der Waals surface area contributed by atoms with Gasteiger partial charge in [0.05, 0.1) is 23.4 Å². The Hall–Kier alpha value is -2.34. The van der Waals surface area contributed by atoms with Crippen molar-refractivity contribution in [1.29, 1.82) is 0 Å². The first-order valence-corrected chi connectivity index (χ1v) is 7.88. The second-order valence-electron chi connectivity index (χ2n) is 5.51. The van der Waals surface area contributed by atoms with Gasteiger partial charge in [-0.2, -0.15) is 5.10 Å². The number of esters is 1. The molecule has 2 aromatic rings. The highest BCUT2D eigenvalue weighted by Gasteiger charge is 2.14. The lowest BCUT2D eigenvalue weighted by molar-refractivity contribution is -0.116. The fourth-order valence-corrected chi connectivity index (χ4v) is 2.71. The molecule has 1 N–H and O–H groups in total. The van der Waals surface area contributed by atoms with E-state index in [1.54, 1.807) is 12.1 Å². The number of hydrogen-bond acceptors (Lipinski definition) is 4. The molecule has 1 heterocycles. The molecule has 1 aromatic heterocycles. The Balaban J connectivity index is 2.03. The fourth-order valence-electron chi connectivity index (χ4n) is 2.51. The quantitative estimate of drug-likeness (QED) is 0.842. The van der Waals surface area contributed by atoms with Gasteiger partial charge in [0.1, 0.15) is 0 Å². The molecule has 0 fully saturated rings. The predicted octanol–water partition coefficient (Wildman–Crippen LogP) is 3.05. The van der Waals surface area contributed by atoms with E-state index in [2.05, 4.69) is 15.2 Å². The number of methoxy groups -OCH3 is 1. The first-order chi connectivity index (χ1) is 11.3. The number of carbonyl (C=O) groups is 2. The third-order valence-electron chi connectivity index (χ3n) is 3.92. The van der Waals surface area contributed by atoms with E-state index in [1.165, 1.54) is 13.2 Å². The average molecular weight is 350 g/mol. The van der Waals surface area contributed by atoms with E-state index >= 15 is 0 Å². The number of halogens is 1. The molecule has 24 heavy (non-hydrogen) atoms. The van der Waals surface area contributed by atoms with Crippen molar-refractivity contribution in [1.82, 2.24) is 9.78 Å². The Morgan fingerprint density at radius 2 is 2.04 bits per heavy atom. The molecule has 0 aliphatic carbocycles. The van der Waals surface area contributed by atoms with E-state index in [-0.39, 0.29) is 16.5 Å². The van der Waals surface area contributed by atoms with Crippen molar-refractivity contribution in [3.8, 4) is 0 Å². The van der Waals surface area contributed by atoms with Crippen LogP contribution in [0.5, 0.6) is 0 Å². The first kappa shape index (κ1) is 18.0. The van der Waals surface area contributed by atoms with Gasteiger partial charge in [-0.3, -0.25) is 9.48 Å². The minimum absolute atomic E-state index is 0.143. The Morgan fingerprint density at radius 1 is 1.33 bits per heavy atom. The van der Waals surface area contributed by atoms with Crippen LogP contribution in [0.2, 0.25) is 5.02 Å². The lowest BCUT2D eigenvalue weighted by Gasteiger charge is -2.08. The smallest absolute Gasteiger partial charge is 0.339 e. The molecule has 0 aliphatic rings. The van der Waals surface area contributed by atoms with Gasteiger partial charge < -0.3 is 10.1 Å². The number of ether oxygens (including phenoxy) is 1. The Kier molecular flexibility index (Phi) is 5.62. The molecule has 0 aliphatic heterocycles. The number of carbonyl (C=O) groups excluding carboxylic acids is 2. The molecule has 6 nitrogen and oxygen atoms in total. The van der Waals surface area contributed by atoms with Crippen molar-refractivity contribution in [3.05, 3.63) is 45.7 Å². The van der Waals surface area contributed by atoms with Crippen molar-refractivity contribution in [2.45, 2.75) is 26.7 Å².